The van der Waals surface area contributed by atoms with Crippen LogP contribution in [-0.2, 0) is 21.9 Å². The number of alkyl halides is 6. The number of hydrogen-bond donors (Lipinski definition) is 0. The minimum Gasteiger partial charge on any atom is -0.377 e. The highest BCUT2D eigenvalue weighted by Gasteiger charge is 2.43. The van der Waals surface area contributed by atoms with Crippen molar-refractivity contribution in [2.75, 3.05) is 29.6 Å². The van der Waals surface area contributed by atoms with Gasteiger partial charge in [0, 0.05) is 12.2 Å². The zero-order valence-corrected chi connectivity index (χ0v) is 17.0. The Morgan fingerprint density at radius 1 is 1.03 bits per heavy atom. The van der Waals surface area contributed by atoms with E-state index in [-0.39, 0.29) is 38.3 Å². The van der Waals surface area contributed by atoms with Crippen molar-refractivity contribution in [1.29, 1.82) is 0 Å². The van der Waals surface area contributed by atoms with Crippen molar-refractivity contribution in [1.82, 2.24) is 4.98 Å². The molecule has 3 heterocycles. The number of ether oxygens (including phenoxy) is 1. The van der Waals surface area contributed by atoms with Gasteiger partial charge in [-0.15, -0.1) is 0 Å². The van der Waals surface area contributed by atoms with Crippen LogP contribution < -0.4 is 9.80 Å². The van der Waals surface area contributed by atoms with Gasteiger partial charge in [-0.05, 0) is 49.2 Å². The number of rotatable bonds is 4. The molecule has 0 saturated carbocycles. The fourth-order valence-corrected chi connectivity index (χ4v) is 3.92. The molecule has 0 bridgehead atoms. The molecule has 1 aromatic heterocycles. The fraction of sp³-hybridized carbons (Fsp3) is 0.429. The van der Waals surface area contributed by atoms with Gasteiger partial charge in [-0.3, -0.25) is 4.79 Å². The molecule has 5 nitrogen and oxygen atoms in total. The molecule has 178 valence electrons. The van der Waals surface area contributed by atoms with Gasteiger partial charge in [-0.2, -0.15) is 26.3 Å². The largest absolute Gasteiger partial charge is 0.433 e. The van der Waals surface area contributed by atoms with Crippen molar-refractivity contribution in [3.63, 3.8) is 0 Å². The molecule has 0 N–H and O–H groups in total. The highest BCUT2D eigenvalue weighted by molar-refractivity contribution is 6.00. The van der Waals surface area contributed by atoms with Crippen molar-refractivity contribution in [2.45, 2.75) is 37.3 Å². The Morgan fingerprint density at radius 2 is 1.70 bits per heavy atom. The third-order valence-corrected chi connectivity index (χ3v) is 5.59. The number of benzene rings is 1. The summed E-state index contributed by atoms with van der Waals surface area (Å²) in [5.74, 6) is -1.62. The van der Waals surface area contributed by atoms with E-state index in [1.807, 2.05) is 0 Å². The summed E-state index contributed by atoms with van der Waals surface area (Å²) >= 11 is 0. The molecule has 2 aromatic rings. The van der Waals surface area contributed by atoms with Crippen molar-refractivity contribution in [3.05, 3.63) is 53.5 Å². The average Bonchev–Trinajstić information content (AvgIpc) is 3.19. The van der Waals surface area contributed by atoms with Gasteiger partial charge in [0.05, 0.1) is 24.8 Å². The second-order valence-electron chi connectivity index (χ2n) is 7.82. The molecule has 1 amide bonds. The Morgan fingerprint density at radius 3 is 2.24 bits per heavy atom. The van der Waals surface area contributed by atoms with Crippen LogP contribution in [0, 0.1) is 5.82 Å². The molecule has 0 aliphatic carbocycles. The smallest absolute Gasteiger partial charge is 0.377 e. The van der Waals surface area contributed by atoms with E-state index in [4.69, 9.17) is 4.74 Å². The second-order valence-corrected chi connectivity index (χ2v) is 7.82. The summed E-state index contributed by atoms with van der Waals surface area (Å²) in [7, 11) is 0. The minimum atomic E-state index is -5.10. The molecule has 2 saturated heterocycles. The summed E-state index contributed by atoms with van der Waals surface area (Å²) in [4.78, 5) is 19.4. The lowest BCUT2D eigenvalue weighted by molar-refractivity contribution is -0.145. The third-order valence-electron chi connectivity index (χ3n) is 5.59. The van der Waals surface area contributed by atoms with Crippen LogP contribution in [-0.4, -0.2) is 42.7 Å². The first-order valence-corrected chi connectivity index (χ1v) is 10.0. The van der Waals surface area contributed by atoms with Gasteiger partial charge in [0.15, 0.2) is 0 Å². The van der Waals surface area contributed by atoms with Crippen molar-refractivity contribution in [3.8, 4) is 0 Å². The lowest BCUT2D eigenvalue weighted by Crippen LogP contribution is -2.57. The van der Waals surface area contributed by atoms with Gasteiger partial charge in [0.25, 0.3) is 0 Å². The molecule has 33 heavy (non-hydrogen) atoms. The monoisotopic (exact) mass is 477 g/mol. The molecule has 2 fully saturated rings. The standard InChI is InChI=1S/C21H18F7N3O2/c22-13-3-5-14(6-4-13)31(15-10-33-11-15)19(32)16-2-1-7-30(16)18-9-12(20(23,24)25)8-17(29-18)21(26,27)28/h3-6,8-9,15-16H,1-2,7,10-11H2/t16-/m0/s1. The first kappa shape index (κ1) is 23.3. The first-order chi connectivity index (χ1) is 15.4. The van der Waals surface area contributed by atoms with E-state index in [1.54, 1.807) is 0 Å². The predicted octanol–water partition coefficient (Wildman–Crippen LogP) is 4.66. The summed E-state index contributed by atoms with van der Waals surface area (Å²) in [5, 5.41) is 0. The van der Waals surface area contributed by atoms with Crippen LogP contribution in [0.4, 0.5) is 42.2 Å². The van der Waals surface area contributed by atoms with Crippen molar-refractivity contribution < 1.29 is 40.3 Å². The maximum absolute atomic E-state index is 13.5. The summed E-state index contributed by atoms with van der Waals surface area (Å²) in [6, 6.07) is 4.14. The van der Waals surface area contributed by atoms with Gasteiger partial charge in [0.1, 0.15) is 23.4 Å². The Bertz CT molecular complexity index is 988. The molecule has 1 aromatic carbocycles. The second kappa shape index (κ2) is 8.47. The van der Waals surface area contributed by atoms with Gasteiger partial charge in [-0.25, -0.2) is 9.37 Å². The van der Waals surface area contributed by atoms with Crippen LogP contribution in [0.1, 0.15) is 24.1 Å². The number of aromatic nitrogens is 1. The maximum Gasteiger partial charge on any atom is 0.433 e. The lowest BCUT2D eigenvalue weighted by Gasteiger charge is -2.40. The molecule has 1 atom stereocenters. The molecule has 0 radical (unpaired) electrons. The van der Waals surface area contributed by atoms with Gasteiger partial charge in [-0.1, -0.05) is 0 Å². The number of anilines is 2. The SMILES string of the molecule is O=C([C@@H]1CCCN1c1cc(C(F)(F)F)cc(C(F)(F)F)n1)N(c1ccc(F)cc1)C1COC1. The van der Waals surface area contributed by atoms with E-state index in [0.29, 0.717) is 18.2 Å². The van der Waals surface area contributed by atoms with E-state index < -0.39 is 47.2 Å². The normalized spacial score (nSPS) is 19.5. The highest BCUT2D eigenvalue weighted by atomic mass is 19.4. The molecule has 2 aliphatic rings. The van der Waals surface area contributed by atoms with Crippen LogP contribution in [0.15, 0.2) is 36.4 Å². The number of hydrogen-bond acceptors (Lipinski definition) is 4. The number of carbonyl (C=O) groups excluding carboxylic acids is 1. The summed E-state index contributed by atoms with van der Waals surface area (Å²) in [5.41, 5.74) is -2.83. The summed E-state index contributed by atoms with van der Waals surface area (Å²) < 4.78 is 98.1. The summed E-state index contributed by atoms with van der Waals surface area (Å²) in [6.07, 6.45) is -9.55. The molecular formula is C21H18F7N3O2. The zero-order chi connectivity index (χ0) is 24.0. The van der Waals surface area contributed by atoms with E-state index in [0.717, 1.165) is 12.1 Å². The molecule has 2 aliphatic heterocycles. The maximum atomic E-state index is 13.5. The van der Waals surface area contributed by atoms with Gasteiger partial charge in [0.2, 0.25) is 5.91 Å². The van der Waals surface area contributed by atoms with Crippen LogP contribution in [0.3, 0.4) is 0 Å². The molecular weight excluding hydrogens is 459 g/mol. The number of pyridine rings is 1. The van der Waals surface area contributed by atoms with Crippen LogP contribution in [0.2, 0.25) is 0 Å². The Hall–Kier alpha value is -2.89. The Kier molecular flexibility index (Phi) is 5.97. The lowest BCUT2D eigenvalue weighted by atomic mass is 10.1. The topological polar surface area (TPSA) is 45.7 Å². The number of amides is 1. The van der Waals surface area contributed by atoms with E-state index >= 15 is 0 Å². The summed E-state index contributed by atoms with van der Waals surface area (Å²) in [6.45, 7) is 0.464. The Labute approximate surface area is 183 Å². The number of halogens is 7. The van der Waals surface area contributed by atoms with Crippen LogP contribution >= 0.6 is 0 Å². The minimum absolute atomic E-state index is 0.0487. The van der Waals surface area contributed by atoms with Crippen molar-refractivity contribution >= 4 is 17.4 Å². The average molecular weight is 477 g/mol. The molecule has 0 spiro atoms. The molecule has 12 heteroatoms. The van der Waals surface area contributed by atoms with E-state index in [2.05, 4.69) is 4.98 Å². The molecule has 4 rings (SSSR count). The predicted molar refractivity (Wildman–Crippen MR) is 103 cm³/mol. The number of nitrogens with zero attached hydrogens (tertiary/aromatic N) is 3. The first-order valence-electron chi connectivity index (χ1n) is 10.0. The quantitative estimate of drug-likeness (QED) is 0.602. The molecule has 0 unspecified atom stereocenters. The highest BCUT2D eigenvalue weighted by Crippen LogP contribution is 2.38. The number of carbonyl (C=O) groups is 1. The third kappa shape index (κ3) is 4.75. The van der Waals surface area contributed by atoms with Gasteiger partial charge >= 0.3 is 12.4 Å². The van der Waals surface area contributed by atoms with E-state index in [1.165, 1.54) is 21.9 Å². The van der Waals surface area contributed by atoms with E-state index in [9.17, 15) is 35.5 Å². The van der Waals surface area contributed by atoms with Gasteiger partial charge < -0.3 is 14.5 Å². The van der Waals surface area contributed by atoms with Crippen LogP contribution in [0.25, 0.3) is 0 Å². The Balaban J connectivity index is 1.71. The van der Waals surface area contributed by atoms with Crippen LogP contribution in [0.5, 0.6) is 0 Å². The fourth-order valence-electron chi connectivity index (χ4n) is 3.92. The zero-order valence-electron chi connectivity index (χ0n) is 17.0. The van der Waals surface area contributed by atoms with Crippen molar-refractivity contribution in [2.24, 2.45) is 0 Å².